The number of rotatable bonds is 8. The Labute approximate surface area is 153 Å². The highest BCUT2D eigenvalue weighted by Gasteiger charge is 2.29. The lowest BCUT2D eigenvalue weighted by Gasteiger charge is -2.31. The highest BCUT2D eigenvalue weighted by Crippen LogP contribution is 2.22. The van der Waals surface area contributed by atoms with Gasteiger partial charge in [-0.15, -0.1) is 0 Å². The predicted octanol–water partition coefficient (Wildman–Crippen LogP) is 1.27. The van der Waals surface area contributed by atoms with E-state index in [0.717, 1.165) is 0 Å². The number of ether oxygens (including phenoxy) is 2. The first-order valence-corrected chi connectivity index (χ1v) is 9.87. The van der Waals surface area contributed by atoms with Gasteiger partial charge >= 0.3 is 0 Å². The maximum Gasteiger partial charge on any atom is 0.246 e. The van der Waals surface area contributed by atoms with E-state index < -0.39 is 10.0 Å². The summed E-state index contributed by atoms with van der Waals surface area (Å²) in [6, 6.07) is 6.08. The maximum absolute atomic E-state index is 12.6. The van der Waals surface area contributed by atoms with Crippen LogP contribution in [0.3, 0.4) is 0 Å². The standard InChI is InChI=1S/C16H23ClN2O5S/c1-23-10-11-24-12-16(20)18-14-6-8-19(9-7-14)25(21,22)15-4-2-13(17)3-5-15/h2-5,14H,6-12H2,1H3,(H,18,20). The van der Waals surface area contributed by atoms with Crippen LogP contribution in [0.2, 0.25) is 5.02 Å². The molecule has 7 nitrogen and oxygen atoms in total. The van der Waals surface area contributed by atoms with Gasteiger partial charge in [-0.05, 0) is 37.1 Å². The number of nitrogens with one attached hydrogen (secondary N) is 1. The van der Waals surface area contributed by atoms with E-state index >= 15 is 0 Å². The van der Waals surface area contributed by atoms with Gasteiger partial charge in [-0.1, -0.05) is 11.6 Å². The van der Waals surface area contributed by atoms with Crippen LogP contribution in [0, 0.1) is 0 Å². The summed E-state index contributed by atoms with van der Waals surface area (Å²) < 4.78 is 36.6. The van der Waals surface area contributed by atoms with Crippen LogP contribution in [0.25, 0.3) is 0 Å². The second kappa shape index (κ2) is 9.49. The third-order valence-corrected chi connectivity index (χ3v) is 6.10. The Kier molecular flexibility index (Phi) is 7.64. The number of sulfonamides is 1. The van der Waals surface area contributed by atoms with Crippen molar-refractivity contribution in [2.75, 3.05) is 40.0 Å². The van der Waals surface area contributed by atoms with E-state index in [1.165, 1.54) is 16.4 Å². The van der Waals surface area contributed by atoms with Crippen molar-refractivity contribution < 1.29 is 22.7 Å². The molecule has 25 heavy (non-hydrogen) atoms. The number of hydrogen-bond donors (Lipinski definition) is 1. The number of carbonyl (C=O) groups excluding carboxylic acids is 1. The Balaban J connectivity index is 1.81. The van der Waals surface area contributed by atoms with Crippen molar-refractivity contribution in [2.45, 2.75) is 23.8 Å². The second-order valence-corrected chi connectivity index (χ2v) is 8.12. The van der Waals surface area contributed by atoms with Crippen molar-refractivity contribution in [1.29, 1.82) is 0 Å². The van der Waals surface area contributed by atoms with Gasteiger partial charge in [0.2, 0.25) is 15.9 Å². The number of halogens is 1. The van der Waals surface area contributed by atoms with Crippen LogP contribution in [0.1, 0.15) is 12.8 Å². The lowest BCUT2D eigenvalue weighted by Crippen LogP contribution is -2.47. The van der Waals surface area contributed by atoms with E-state index in [0.29, 0.717) is 44.2 Å². The topological polar surface area (TPSA) is 84.9 Å². The third-order valence-electron chi connectivity index (χ3n) is 3.94. The zero-order chi connectivity index (χ0) is 18.3. The number of benzene rings is 1. The van der Waals surface area contributed by atoms with E-state index in [9.17, 15) is 13.2 Å². The van der Waals surface area contributed by atoms with Crippen molar-refractivity contribution in [1.82, 2.24) is 9.62 Å². The average Bonchev–Trinajstić information content (AvgIpc) is 2.60. The molecule has 9 heteroatoms. The van der Waals surface area contributed by atoms with Crippen LogP contribution in [-0.4, -0.2) is 64.7 Å². The zero-order valence-electron chi connectivity index (χ0n) is 14.1. The molecular weight excluding hydrogens is 368 g/mol. The Morgan fingerprint density at radius 1 is 1.24 bits per heavy atom. The zero-order valence-corrected chi connectivity index (χ0v) is 15.7. The van der Waals surface area contributed by atoms with Crippen LogP contribution >= 0.6 is 11.6 Å². The van der Waals surface area contributed by atoms with Crippen LogP contribution in [-0.2, 0) is 24.3 Å². The molecule has 0 aliphatic carbocycles. The fourth-order valence-corrected chi connectivity index (χ4v) is 4.17. The minimum atomic E-state index is -3.53. The molecule has 1 saturated heterocycles. The first-order valence-electron chi connectivity index (χ1n) is 8.05. The molecule has 1 aromatic carbocycles. The molecule has 1 aliphatic heterocycles. The summed E-state index contributed by atoms with van der Waals surface area (Å²) in [7, 11) is -1.96. The maximum atomic E-state index is 12.6. The van der Waals surface area contributed by atoms with Gasteiger partial charge in [0.25, 0.3) is 0 Å². The summed E-state index contributed by atoms with van der Waals surface area (Å²) in [5.41, 5.74) is 0. The Hall–Kier alpha value is -1.19. The molecule has 1 N–H and O–H groups in total. The van der Waals surface area contributed by atoms with Crippen LogP contribution in [0.5, 0.6) is 0 Å². The van der Waals surface area contributed by atoms with Crippen LogP contribution in [0.15, 0.2) is 29.2 Å². The van der Waals surface area contributed by atoms with E-state index in [2.05, 4.69) is 5.32 Å². The van der Waals surface area contributed by atoms with Gasteiger partial charge in [-0.3, -0.25) is 4.79 Å². The van der Waals surface area contributed by atoms with E-state index in [-0.39, 0.29) is 23.5 Å². The van der Waals surface area contributed by atoms with Crippen LogP contribution < -0.4 is 5.32 Å². The van der Waals surface area contributed by atoms with Gasteiger partial charge in [0, 0.05) is 31.3 Å². The fourth-order valence-electron chi connectivity index (χ4n) is 2.57. The molecule has 1 heterocycles. The molecule has 140 valence electrons. The van der Waals surface area contributed by atoms with Crippen molar-refractivity contribution in [3.63, 3.8) is 0 Å². The first-order chi connectivity index (χ1) is 11.9. The van der Waals surface area contributed by atoms with E-state index in [1.807, 2.05) is 0 Å². The van der Waals surface area contributed by atoms with Gasteiger partial charge in [0.1, 0.15) is 6.61 Å². The summed E-state index contributed by atoms with van der Waals surface area (Å²) in [4.78, 5) is 12.0. The van der Waals surface area contributed by atoms with E-state index in [1.54, 1.807) is 19.2 Å². The Morgan fingerprint density at radius 2 is 1.88 bits per heavy atom. The van der Waals surface area contributed by atoms with Crippen molar-refractivity contribution in [3.8, 4) is 0 Å². The van der Waals surface area contributed by atoms with E-state index in [4.69, 9.17) is 21.1 Å². The minimum absolute atomic E-state index is 0.0212. The molecule has 0 aromatic heterocycles. The number of nitrogens with zero attached hydrogens (tertiary/aromatic N) is 1. The molecule has 2 rings (SSSR count). The molecule has 0 spiro atoms. The van der Waals surface area contributed by atoms with Crippen molar-refractivity contribution in [3.05, 3.63) is 29.3 Å². The fraction of sp³-hybridized carbons (Fsp3) is 0.562. The summed E-state index contributed by atoms with van der Waals surface area (Å²) in [6.45, 7) is 1.50. The van der Waals surface area contributed by atoms with Gasteiger partial charge < -0.3 is 14.8 Å². The number of carbonyl (C=O) groups is 1. The first kappa shape index (κ1) is 20.1. The Morgan fingerprint density at radius 3 is 2.48 bits per heavy atom. The molecule has 1 fully saturated rings. The second-order valence-electron chi connectivity index (χ2n) is 5.75. The van der Waals surface area contributed by atoms with Crippen molar-refractivity contribution >= 4 is 27.5 Å². The normalized spacial score (nSPS) is 16.7. The molecular formula is C16H23ClN2O5S. The van der Waals surface area contributed by atoms with Gasteiger partial charge in [-0.25, -0.2) is 8.42 Å². The van der Waals surface area contributed by atoms with Gasteiger partial charge in [0.05, 0.1) is 18.1 Å². The molecule has 1 amide bonds. The highest BCUT2D eigenvalue weighted by molar-refractivity contribution is 7.89. The summed E-state index contributed by atoms with van der Waals surface area (Å²) in [6.07, 6.45) is 1.13. The van der Waals surface area contributed by atoms with Gasteiger partial charge in [-0.2, -0.15) is 4.31 Å². The third kappa shape index (κ3) is 5.93. The molecule has 0 atom stereocenters. The molecule has 1 aromatic rings. The lowest BCUT2D eigenvalue weighted by atomic mass is 10.1. The quantitative estimate of drug-likeness (QED) is 0.676. The molecule has 0 saturated carbocycles. The SMILES string of the molecule is COCCOCC(=O)NC1CCN(S(=O)(=O)c2ccc(Cl)cc2)CC1. The summed E-state index contributed by atoms with van der Waals surface area (Å²) in [5, 5.41) is 3.36. The number of methoxy groups -OCH3 is 1. The molecule has 1 aliphatic rings. The van der Waals surface area contributed by atoms with Gasteiger partial charge in [0.15, 0.2) is 0 Å². The lowest BCUT2D eigenvalue weighted by molar-refractivity contribution is -0.127. The number of piperidine rings is 1. The number of hydrogen-bond acceptors (Lipinski definition) is 5. The largest absolute Gasteiger partial charge is 0.382 e. The smallest absolute Gasteiger partial charge is 0.246 e. The monoisotopic (exact) mass is 390 g/mol. The molecule has 0 unspecified atom stereocenters. The average molecular weight is 391 g/mol. The molecule has 0 bridgehead atoms. The molecule has 0 radical (unpaired) electrons. The number of amides is 1. The summed E-state index contributed by atoms with van der Waals surface area (Å²) in [5.74, 6) is -0.199. The highest BCUT2D eigenvalue weighted by atomic mass is 35.5. The Bertz CT molecular complexity index is 658. The van der Waals surface area contributed by atoms with Crippen LogP contribution in [0.4, 0.5) is 0 Å². The minimum Gasteiger partial charge on any atom is -0.382 e. The summed E-state index contributed by atoms with van der Waals surface area (Å²) >= 11 is 5.80. The predicted molar refractivity (Wildman–Crippen MR) is 94.1 cm³/mol. The van der Waals surface area contributed by atoms with Crippen molar-refractivity contribution in [2.24, 2.45) is 0 Å².